The zero-order valence-electron chi connectivity index (χ0n) is 15.6. The molecule has 2 amide bonds. The monoisotopic (exact) mass is 402 g/mol. The summed E-state index contributed by atoms with van der Waals surface area (Å²) in [5.41, 5.74) is 5.15. The summed E-state index contributed by atoms with van der Waals surface area (Å²) >= 11 is 1.10. The van der Waals surface area contributed by atoms with Crippen molar-refractivity contribution in [3.05, 3.63) is 45.5 Å². The highest BCUT2D eigenvalue weighted by Crippen LogP contribution is 2.41. The van der Waals surface area contributed by atoms with Gasteiger partial charge in [0, 0.05) is 29.6 Å². The fourth-order valence-corrected chi connectivity index (χ4v) is 5.40. The van der Waals surface area contributed by atoms with Crippen molar-refractivity contribution in [3.63, 3.8) is 0 Å². The van der Waals surface area contributed by atoms with Gasteiger partial charge in [-0.3, -0.25) is 4.72 Å². The minimum atomic E-state index is -0.486. The molecule has 1 aromatic carbocycles. The number of carbonyl (C=O) groups excluding carboxylic acids is 1. The number of aryl methyl sites for hydroxylation is 1. The topological polar surface area (TPSA) is 74.5 Å². The number of halogens is 1. The number of carbonyl (C=O) groups is 1. The Kier molecular flexibility index (Phi) is 4.59. The number of amides is 2. The lowest BCUT2D eigenvalue weighted by Crippen LogP contribution is -2.24. The van der Waals surface area contributed by atoms with Gasteiger partial charge in [-0.2, -0.15) is 0 Å². The average Bonchev–Trinajstić information content (AvgIpc) is 3.42. The van der Waals surface area contributed by atoms with E-state index in [1.54, 1.807) is 6.07 Å². The molecule has 0 saturated heterocycles. The maximum Gasteiger partial charge on any atom is 0.329 e. The molecule has 0 bridgehead atoms. The van der Waals surface area contributed by atoms with E-state index in [1.165, 1.54) is 0 Å². The molecule has 1 unspecified atom stereocenters. The van der Waals surface area contributed by atoms with Crippen LogP contribution in [0.4, 0.5) is 14.9 Å². The minimum absolute atomic E-state index is 0.0416. The molecular weight excluding hydrogens is 379 g/mol. The summed E-state index contributed by atoms with van der Waals surface area (Å²) in [5.74, 6) is 0.762. The van der Waals surface area contributed by atoms with Crippen molar-refractivity contribution in [3.8, 4) is 0 Å². The quantitative estimate of drug-likeness (QED) is 0.656. The number of hydrogen-bond acceptors (Lipinski definition) is 4. The van der Waals surface area contributed by atoms with Crippen molar-refractivity contribution < 1.29 is 18.7 Å². The third-order valence-electron chi connectivity index (χ3n) is 6.11. The van der Waals surface area contributed by atoms with E-state index in [1.807, 2.05) is 0 Å². The van der Waals surface area contributed by atoms with E-state index in [0.717, 1.165) is 109 Å². The van der Waals surface area contributed by atoms with Crippen LogP contribution in [-0.4, -0.2) is 11.1 Å². The van der Waals surface area contributed by atoms with Crippen molar-refractivity contribution in [1.29, 1.82) is 0 Å². The number of rotatable bonds is 3. The van der Waals surface area contributed by atoms with Gasteiger partial charge in [-0.05, 0) is 79.7 Å². The van der Waals surface area contributed by atoms with Crippen molar-refractivity contribution in [2.24, 2.45) is 0 Å². The Morgan fingerprint density at radius 1 is 1.07 bits per heavy atom. The first-order valence-corrected chi connectivity index (χ1v) is 10.8. The van der Waals surface area contributed by atoms with Crippen molar-refractivity contribution >= 4 is 23.7 Å². The molecule has 0 aliphatic heterocycles. The molecule has 1 heterocycles. The summed E-state index contributed by atoms with van der Waals surface area (Å²) in [6.45, 7) is 0. The van der Waals surface area contributed by atoms with E-state index < -0.39 is 6.10 Å². The van der Waals surface area contributed by atoms with Crippen LogP contribution < -0.4 is 10.0 Å². The van der Waals surface area contributed by atoms with E-state index in [2.05, 4.69) is 10.0 Å². The van der Waals surface area contributed by atoms with Gasteiger partial charge in [0.15, 0.2) is 5.09 Å². The van der Waals surface area contributed by atoms with Gasteiger partial charge >= 0.3 is 6.03 Å². The number of nitrogens with one attached hydrogen (secondary N) is 2. The third kappa shape index (κ3) is 3.01. The number of furan rings is 1. The number of aliphatic hydroxyl groups excluding tert-OH is 1. The highest BCUT2D eigenvalue weighted by atomic mass is 32.2. The maximum absolute atomic E-state index is 14.7. The Morgan fingerprint density at radius 3 is 2.43 bits per heavy atom. The van der Waals surface area contributed by atoms with Gasteiger partial charge in [-0.1, -0.05) is 0 Å². The van der Waals surface area contributed by atoms with Crippen molar-refractivity contribution in [2.45, 2.75) is 69.0 Å². The fourth-order valence-electron chi connectivity index (χ4n) is 4.83. The number of fused-ring (bicyclic) bond motifs is 3. The Balaban J connectivity index is 1.32. The lowest BCUT2D eigenvalue weighted by molar-refractivity contribution is 0.152. The predicted molar refractivity (Wildman–Crippen MR) is 105 cm³/mol. The van der Waals surface area contributed by atoms with Crippen molar-refractivity contribution in [1.82, 2.24) is 4.72 Å². The fraction of sp³-hybridized carbons (Fsp3) is 0.476. The van der Waals surface area contributed by atoms with Crippen LogP contribution in [0.2, 0.25) is 0 Å². The van der Waals surface area contributed by atoms with E-state index in [0.29, 0.717) is 5.09 Å². The predicted octanol–water partition coefficient (Wildman–Crippen LogP) is 4.59. The van der Waals surface area contributed by atoms with Crippen LogP contribution in [0.3, 0.4) is 0 Å². The molecule has 5 nitrogen and oxygen atoms in total. The maximum atomic E-state index is 14.7. The summed E-state index contributed by atoms with van der Waals surface area (Å²) in [7, 11) is 0. The molecule has 0 radical (unpaired) electrons. The smallest absolute Gasteiger partial charge is 0.329 e. The molecule has 0 saturated carbocycles. The van der Waals surface area contributed by atoms with Gasteiger partial charge in [-0.25, -0.2) is 9.18 Å². The molecule has 148 valence electrons. The molecule has 0 fully saturated rings. The summed E-state index contributed by atoms with van der Waals surface area (Å²) in [4.78, 5) is 12.6. The van der Waals surface area contributed by atoms with Crippen LogP contribution in [0.5, 0.6) is 0 Å². The van der Waals surface area contributed by atoms with E-state index >= 15 is 0 Å². The standard InChI is InChI=1S/C21H23FN2O3S/c22-19-11-4-1-6-13(11)20(14-7-2-5-12(14)19)23-21(26)24-28-18-10-15-16(25)8-3-9-17(15)27-18/h10,16,25H,1-9H2,(H2,23,24,26). The number of aliphatic hydroxyl groups is 1. The van der Waals surface area contributed by atoms with Gasteiger partial charge < -0.3 is 14.8 Å². The van der Waals surface area contributed by atoms with Gasteiger partial charge in [0.05, 0.1) is 6.10 Å². The molecule has 2 aromatic rings. The first-order valence-electron chi connectivity index (χ1n) is 10.0. The molecule has 28 heavy (non-hydrogen) atoms. The third-order valence-corrected chi connectivity index (χ3v) is 6.80. The van der Waals surface area contributed by atoms with E-state index in [4.69, 9.17) is 4.42 Å². The molecule has 7 heteroatoms. The Bertz CT molecular complexity index is 921. The molecule has 3 aliphatic carbocycles. The summed E-state index contributed by atoms with van der Waals surface area (Å²) < 4.78 is 23.3. The highest BCUT2D eigenvalue weighted by molar-refractivity contribution is 7.97. The first kappa shape index (κ1) is 18.1. The normalized spacial score (nSPS) is 19.9. The van der Waals surface area contributed by atoms with Crippen molar-refractivity contribution in [2.75, 3.05) is 5.32 Å². The second-order valence-corrected chi connectivity index (χ2v) is 8.63. The second-order valence-electron chi connectivity index (χ2n) is 7.82. The Labute approximate surface area is 167 Å². The van der Waals surface area contributed by atoms with Crippen LogP contribution in [0.1, 0.15) is 65.4 Å². The molecular formula is C21H23FN2O3S. The number of hydrogen-bond donors (Lipinski definition) is 3. The summed E-state index contributed by atoms with van der Waals surface area (Å²) in [6, 6.07) is 1.46. The SMILES string of the molecule is O=C(NSc1cc2c(o1)CCCC2O)Nc1c2c(c(F)c3c1CCC3)CCC2. The molecule has 1 aromatic heterocycles. The van der Waals surface area contributed by atoms with Crippen LogP contribution in [0, 0.1) is 5.82 Å². The number of benzene rings is 1. The molecule has 3 N–H and O–H groups in total. The van der Waals surface area contributed by atoms with Gasteiger partial charge in [0.25, 0.3) is 0 Å². The molecule has 1 atom stereocenters. The van der Waals surface area contributed by atoms with Crippen LogP contribution in [-0.2, 0) is 32.1 Å². The lowest BCUT2D eigenvalue weighted by Gasteiger charge is -2.17. The van der Waals surface area contributed by atoms with E-state index in [-0.39, 0.29) is 11.8 Å². The first-order chi connectivity index (χ1) is 13.6. The zero-order valence-corrected chi connectivity index (χ0v) is 16.4. The average molecular weight is 402 g/mol. The van der Waals surface area contributed by atoms with Crippen LogP contribution >= 0.6 is 11.9 Å². The summed E-state index contributed by atoms with van der Waals surface area (Å²) in [5, 5.41) is 13.6. The van der Waals surface area contributed by atoms with Gasteiger partial charge in [-0.15, -0.1) is 0 Å². The van der Waals surface area contributed by atoms with Gasteiger partial charge in [0.2, 0.25) is 0 Å². The Hall–Kier alpha value is -1.99. The van der Waals surface area contributed by atoms with Gasteiger partial charge in [0.1, 0.15) is 11.6 Å². The Morgan fingerprint density at radius 2 is 1.75 bits per heavy atom. The molecule has 5 rings (SSSR count). The molecule has 3 aliphatic rings. The largest absolute Gasteiger partial charge is 0.453 e. The molecule has 0 spiro atoms. The van der Waals surface area contributed by atoms with E-state index in [9.17, 15) is 14.3 Å². The number of urea groups is 1. The highest BCUT2D eigenvalue weighted by Gasteiger charge is 2.30. The lowest BCUT2D eigenvalue weighted by atomic mass is 9.96. The second kappa shape index (κ2) is 7.12. The minimum Gasteiger partial charge on any atom is -0.453 e. The summed E-state index contributed by atoms with van der Waals surface area (Å²) in [6.07, 6.45) is 6.95. The van der Waals surface area contributed by atoms with Crippen LogP contribution in [0.25, 0.3) is 0 Å². The number of anilines is 1. The van der Waals surface area contributed by atoms with Crippen LogP contribution in [0.15, 0.2) is 15.6 Å². The zero-order chi connectivity index (χ0) is 19.3.